The molecule has 1 aromatic carbocycles. The second-order valence-electron chi connectivity index (χ2n) is 5.14. The van der Waals surface area contributed by atoms with Gasteiger partial charge in [-0.05, 0) is 56.1 Å². The van der Waals surface area contributed by atoms with Crippen LogP contribution in [0.5, 0.6) is 11.6 Å². The molecule has 1 heterocycles. The summed E-state index contributed by atoms with van der Waals surface area (Å²) in [6.45, 7) is 7.27. The lowest BCUT2D eigenvalue weighted by molar-refractivity contribution is 0.460. The number of aryl methyl sites for hydroxylation is 1. The lowest BCUT2D eigenvalue weighted by Crippen LogP contribution is -2.19. The van der Waals surface area contributed by atoms with Gasteiger partial charge in [0, 0.05) is 18.3 Å². The molecule has 0 aliphatic rings. The maximum absolute atomic E-state index is 6.19. The summed E-state index contributed by atoms with van der Waals surface area (Å²) >= 11 is 6.19. The van der Waals surface area contributed by atoms with Gasteiger partial charge in [-0.1, -0.05) is 24.6 Å². The van der Waals surface area contributed by atoms with E-state index in [1.165, 1.54) is 0 Å². The van der Waals surface area contributed by atoms with Crippen molar-refractivity contribution in [1.29, 1.82) is 0 Å². The van der Waals surface area contributed by atoms with Gasteiger partial charge >= 0.3 is 0 Å². The Morgan fingerprint density at radius 1 is 1.29 bits per heavy atom. The third kappa shape index (κ3) is 4.45. The highest BCUT2D eigenvalue weighted by molar-refractivity contribution is 6.32. The van der Waals surface area contributed by atoms with Crippen LogP contribution in [-0.2, 0) is 0 Å². The van der Waals surface area contributed by atoms with Crippen molar-refractivity contribution in [1.82, 2.24) is 10.3 Å². The minimum atomic E-state index is 0.267. The molecule has 2 rings (SSSR count). The first-order valence-corrected chi connectivity index (χ1v) is 7.61. The fourth-order valence-corrected chi connectivity index (χ4v) is 2.30. The average Bonchev–Trinajstić information content (AvgIpc) is 2.48. The number of aromatic nitrogens is 1. The van der Waals surface area contributed by atoms with Gasteiger partial charge in [0.1, 0.15) is 5.75 Å². The molecule has 0 aliphatic heterocycles. The van der Waals surface area contributed by atoms with Crippen LogP contribution in [-0.4, -0.2) is 11.5 Å². The van der Waals surface area contributed by atoms with Crippen LogP contribution >= 0.6 is 11.6 Å². The first kappa shape index (κ1) is 15.8. The zero-order valence-corrected chi connectivity index (χ0v) is 13.4. The molecule has 1 atom stereocenters. The fourth-order valence-electron chi connectivity index (χ4n) is 2.03. The summed E-state index contributed by atoms with van der Waals surface area (Å²) in [5, 5.41) is 4.05. The molecule has 3 nitrogen and oxygen atoms in total. The van der Waals surface area contributed by atoms with Gasteiger partial charge in [0.05, 0.1) is 5.02 Å². The van der Waals surface area contributed by atoms with E-state index in [0.717, 1.165) is 24.1 Å². The van der Waals surface area contributed by atoms with Crippen molar-refractivity contribution in [3.63, 3.8) is 0 Å². The Bertz CT molecular complexity index is 601. The Labute approximate surface area is 131 Å². The highest BCUT2D eigenvalue weighted by Gasteiger charge is 2.08. The highest BCUT2D eigenvalue weighted by Crippen LogP contribution is 2.29. The predicted molar refractivity (Wildman–Crippen MR) is 87.2 cm³/mol. The maximum Gasteiger partial charge on any atom is 0.219 e. The fraction of sp³-hybridized carbons (Fsp3) is 0.353. The largest absolute Gasteiger partial charge is 0.437 e. The minimum Gasteiger partial charge on any atom is -0.437 e. The lowest BCUT2D eigenvalue weighted by Gasteiger charge is -2.14. The summed E-state index contributed by atoms with van der Waals surface area (Å²) in [4.78, 5) is 4.25. The van der Waals surface area contributed by atoms with Crippen LogP contribution in [0.3, 0.4) is 0 Å². The van der Waals surface area contributed by atoms with Gasteiger partial charge in [0.15, 0.2) is 0 Å². The average molecular weight is 305 g/mol. The smallest absolute Gasteiger partial charge is 0.219 e. The molecule has 0 bridgehead atoms. The van der Waals surface area contributed by atoms with Gasteiger partial charge in [0.25, 0.3) is 0 Å². The Hall–Kier alpha value is -1.58. The number of halogens is 1. The van der Waals surface area contributed by atoms with E-state index in [1.807, 2.05) is 37.3 Å². The van der Waals surface area contributed by atoms with E-state index in [0.29, 0.717) is 16.7 Å². The zero-order chi connectivity index (χ0) is 15.2. The molecule has 1 N–H and O–H groups in total. The van der Waals surface area contributed by atoms with Crippen LogP contribution in [0.1, 0.15) is 37.4 Å². The molecule has 21 heavy (non-hydrogen) atoms. The van der Waals surface area contributed by atoms with Crippen molar-refractivity contribution < 1.29 is 4.74 Å². The summed E-state index contributed by atoms with van der Waals surface area (Å²) in [5.41, 5.74) is 2.25. The van der Waals surface area contributed by atoms with Crippen molar-refractivity contribution in [3.05, 3.63) is 52.7 Å². The second-order valence-corrected chi connectivity index (χ2v) is 5.55. The van der Waals surface area contributed by atoms with Gasteiger partial charge in [-0.2, -0.15) is 0 Å². The molecule has 0 radical (unpaired) electrons. The van der Waals surface area contributed by atoms with Gasteiger partial charge in [0.2, 0.25) is 5.88 Å². The SMILES string of the molecule is CCCNC(C)c1ccnc(Oc2ccc(C)cc2Cl)c1. The second kappa shape index (κ2) is 7.43. The normalized spacial score (nSPS) is 12.2. The molecule has 1 aromatic heterocycles. The zero-order valence-electron chi connectivity index (χ0n) is 12.7. The summed E-state index contributed by atoms with van der Waals surface area (Å²) in [7, 11) is 0. The number of rotatable bonds is 6. The number of benzene rings is 1. The van der Waals surface area contributed by atoms with Crippen LogP contribution in [0.4, 0.5) is 0 Å². The van der Waals surface area contributed by atoms with E-state index in [1.54, 1.807) is 6.20 Å². The lowest BCUT2D eigenvalue weighted by atomic mass is 10.1. The van der Waals surface area contributed by atoms with Crippen LogP contribution in [0.2, 0.25) is 5.02 Å². The van der Waals surface area contributed by atoms with Crippen molar-refractivity contribution in [3.8, 4) is 11.6 Å². The van der Waals surface area contributed by atoms with E-state index in [2.05, 4.69) is 24.1 Å². The summed E-state index contributed by atoms with van der Waals surface area (Å²) in [6, 6.07) is 9.93. The summed E-state index contributed by atoms with van der Waals surface area (Å²) in [6.07, 6.45) is 2.87. The summed E-state index contributed by atoms with van der Waals surface area (Å²) in [5.74, 6) is 1.18. The maximum atomic E-state index is 6.19. The van der Waals surface area contributed by atoms with Crippen LogP contribution in [0, 0.1) is 6.92 Å². The van der Waals surface area contributed by atoms with E-state index >= 15 is 0 Å². The highest BCUT2D eigenvalue weighted by atomic mass is 35.5. The molecule has 0 spiro atoms. The first-order valence-electron chi connectivity index (χ1n) is 7.23. The van der Waals surface area contributed by atoms with Crippen molar-refractivity contribution in [2.24, 2.45) is 0 Å². The topological polar surface area (TPSA) is 34.2 Å². The monoisotopic (exact) mass is 304 g/mol. The van der Waals surface area contributed by atoms with Crippen molar-refractivity contribution >= 4 is 11.6 Å². The molecular formula is C17H21ClN2O. The quantitative estimate of drug-likeness (QED) is 0.824. The Kier molecular flexibility index (Phi) is 5.59. The van der Waals surface area contributed by atoms with Gasteiger partial charge < -0.3 is 10.1 Å². The number of hydrogen-bond acceptors (Lipinski definition) is 3. The number of nitrogens with one attached hydrogen (secondary N) is 1. The van der Waals surface area contributed by atoms with E-state index in [4.69, 9.17) is 16.3 Å². The van der Waals surface area contributed by atoms with Crippen LogP contribution in [0.25, 0.3) is 0 Å². The molecule has 0 amide bonds. The molecule has 112 valence electrons. The third-order valence-corrected chi connectivity index (χ3v) is 3.56. The molecular weight excluding hydrogens is 284 g/mol. The summed E-state index contributed by atoms with van der Waals surface area (Å²) < 4.78 is 5.79. The third-order valence-electron chi connectivity index (χ3n) is 3.26. The van der Waals surface area contributed by atoms with E-state index < -0.39 is 0 Å². The minimum absolute atomic E-state index is 0.267. The molecule has 2 aromatic rings. The van der Waals surface area contributed by atoms with Gasteiger partial charge in [-0.15, -0.1) is 0 Å². The molecule has 0 saturated heterocycles. The molecule has 1 unspecified atom stereocenters. The number of hydrogen-bond donors (Lipinski definition) is 1. The van der Waals surface area contributed by atoms with E-state index in [9.17, 15) is 0 Å². The first-order chi connectivity index (χ1) is 10.1. The molecule has 4 heteroatoms. The number of nitrogens with zero attached hydrogens (tertiary/aromatic N) is 1. The number of pyridine rings is 1. The van der Waals surface area contributed by atoms with Crippen LogP contribution in [0.15, 0.2) is 36.5 Å². The van der Waals surface area contributed by atoms with E-state index in [-0.39, 0.29) is 6.04 Å². The molecule has 0 saturated carbocycles. The van der Waals surface area contributed by atoms with Crippen molar-refractivity contribution in [2.75, 3.05) is 6.54 Å². The molecule has 0 fully saturated rings. The van der Waals surface area contributed by atoms with Gasteiger partial charge in [-0.3, -0.25) is 0 Å². The Morgan fingerprint density at radius 3 is 2.81 bits per heavy atom. The molecule has 0 aliphatic carbocycles. The van der Waals surface area contributed by atoms with Gasteiger partial charge in [-0.25, -0.2) is 4.98 Å². The standard InChI is InChI=1S/C17H21ClN2O/c1-4-8-19-13(3)14-7-9-20-17(11-14)21-16-6-5-12(2)10-15(16)18/h5-7,9-11,13,19H,4,8H2,1-3H3. The Morgan fingerprint density at radius 2 is 2.10 bits per heavy atom. The number of ether oxygens (including phenoxy) is 1. The van der Waals surface area contributed by atoms with Crippen LogP contribution < -0.4 is 10.1 Å². The van der Waals surface area contributed by atoms with Crippen molar-refractivity contribution in [2.45, 2.75) is 33.2 Å². The Balaban J connectivity index is 2.13. The predicted octanol–water partition coefficient (Wildman–Crippen LogP) is 4.90.